The van der Waals surface area contributed by atoms with Crippen LogP contribution in [0.4, 0.5) is 0 Å². The van der Waals surface area contributed by atoms with Crippen LogP contribution in [-0.2, 0) is 0 Å². The summed E-state index contributed by atoms with van der Waals surface area (Å²) in [5.41, 5.74) is 1.76. The van der Waals surface area contributed by atoms with Crippen molar-refractivity contribution >= 4 is 11.3 Å². The summed E-state index contributed by atoms with van der Waals surface area (Å²) in [6, 6.07) is 9.62. The molecule has 0 radical (unpaired) electrons. The second kappa shape index (κ2) is 4.68. The predicted octanol–water partition coefficient (Wildman–Crippen LogP) is 3.15. The zero-order valence-corrected chi connectivity index (χ0v) is 10.1. The molecule has 0 bridgehead atoms. The van der Waals surface area contributed by atoms with Crippen molar-refractivity contribution in [3.05, 3.63) is 51.7 Å². The minimum atomic E-state index is -0.609. The fourth-order valence-electron chi connectivity index (χ4n) is 1.73. The number of benzene rings is 1. The van der Waals surface area contributed by atoms with E-state index >= 15 is 0 Å². The van der Waals surface area contributed by atoms with Gasteiger partial charge < -0.3 is 9.84 Å². The van der Waals surface area contributed by atoms with Crippen molar-refractivity contribution < 1.29 is 9.84 Å². The standard InChI is InChI=1S/C13H14O2S/c1-9-12(11(15-2)8-16-9)13(14)10-6-4-3-5-7-10/h3-8,13-14H,1-2H3. The number of methoxy groups -OCH3 is 1. The molecule has 0 spiro atoms. The average molecular weight is 234 g/mol. The number of hydrogen-bond donors (Lipinski definition) is 1. The SMILES string of the molecule is COc1csc(C)c1C(O)c1ccccc1. The minimum Gasteiger partial charge on any atom is -0.495 e. The van der Waals surface area contributed by atoms with Gasteiger partial charge in [0.05, 0.1) is 7.11 Å². The van der Waals surface area contributed by atoms with Gasteiger partial charge >= 0.3 is 0 Å². The van der Waals surface area contributed by atoms with E-state index in [1.165, 1.54) is 0 Å². The van der Waals surface area contributed by atoms with Crippen molar-refractivity contribution in [3.63, 3.8) is 0 Å². The van der Waals surface area contributed by atoms with Gasteiger partial charge in [-0.2, -0.15) is 0 Å². The molecular weight excluding hydrogens is 220 g/mol. The Hall–Kier alpha value is -1.32. The number of aliphatic hydroxyl groups excluding tert-OH is 1. The first-order valence-electron chi connectivity index (χ1n) is 5.09. The molecule has 0 amide bonds. The predicted molar refractivity (Wildman–Crippen MR) is 66.1 cm³/mol. The lowest BCUT2D eigenvalue weighted by atomic mass is 10.0. The maximum Gasteiger partial charge on any atom is 0.135 e. The fraction of sp³-hybridized carbons (Fsp3) is 0.231. The third-order valence-electron chi connectivity index (χ3n) is 2.60. The van der Waals surface area contributed by atoms with Crippen LogP contribution in [0.5, 0.6) is 5.75 Å². The van der Waals surface area contributed by atoms with Crippen LogP contribution in [0, 0.1) is 6.92 Å². The van der Waals surface area contributed by atoms with Gasteiger partial charge in [-0.1, -0.05) is 30.3 Å². The molecule has 1 aromatic carbocycles. The van der Waals surface area contributed by atoms with Gasteiger partial charge in [-0.05, 0) is 12.5 Å². The summed E-state index contributed by atoms with van der Waals surface area (Å²) in [6.07, 6.45) is -0.609. The highest BCUT2D eigenvalue weighted by Gasteiger charge is 2.19. The first-order chi connectivity index (χ1) is 7.74. The number of aryl methyl sites for hydroxylation is 1. The maximum atomic E-state index is 10.3. The molecule has 3 heteroatoms. The number of rotatable bonds is 3. The van der Waals surface area contributed by atoms with E-state index in [0.29, 0.717) is 0 Å². The van der Waals surface area contributed by atoms with Crippen LogP contribution in [0.1, 0.15) is 22.1 Å². The quantitative estimate of drug-likeness (QED) is 0.884. The summed E-state index contributed by atoms with van der Waals surface area (Å²) < 4.78 is 5.26. The zero-order chi connectivity index (χ0) is 11.5. The molecule has 2 nitrogen and oxygen atoms in total. The lowest BCUT2D eigenvalue weighted by Gasteiger charge is -2.13. The van der Waals surface area contributed by atoms with Gasteiger partial charge in [0.15, 0.2) is 0 Å². The van der Waals surface area contributed by atoms with E-state index < -0.39 is 6.10 Å². The number of aliphatic hydroxyl groups is 1. The molecule has 16 heavy (non-hydrogen) atoms. The van der Waals surface area contributed by atoms with Crippen molar-refractivity contribution in [2.24, 2.45) is 0 Å². The molecule has 0 saturated carbocycles. The van der Waals surface area contributed by atoms with E-state index in [1.54, 1.807) is 18.4 Å². The van der Waals surface area contributed by atoms with Crippen molar-refractivity contribution in [3.8, 4) is 5.75 Å². The lowest BCUT2D eigenvalue weighted by molar-refractivity contribution is 0.215. The first kappa shape index (κ1) is 11.2. The molecule has 1 unspecified atom stereocenters. The van der Waals surface area contributed by atoms with E-state index in [2.05, 4.69) is 0 Å². The van der Waals surface area contributed by atoms with Crippen molar-refractivity contribution in [2.45, 2.75) is 13.0 Å². The zero-order valence-electron chi connectivity index (χ0n) is 9.31. The molecule has 0 aliphatic carbocycles. The van der Waals surface area contributed by atoms with E-state index in [-0.39, 0.29) is 0 Å². The smallest absolute Gasteiger partial charge is 0.135 e. The molecule has 0 saturated heterocycles. The number of thiophene rings is 1. The van der Waals surface area contributed by atoms with Gasteiger partial charge in [-0.25, -0.2) is 0 Å². The Kier molecular flexibility index (Phi) is 3.27. The van der Waals surface area contributed by atoms with Crippen LogP contribution in [-0.4, -0.2) is 12.2 Å². The third-order valence-corrected chi connectivity index (χ3v) is 3.50. The second-order valence-electron chi connectivity index (χ2n) is 3.59. The molecule has 0 aliphatic rings. The van der Waals surface area contributed by atoms with Gasteiger partial charge in [0, 0.05) is 15.8 Å². The van der Waals surface area contributed by atoms with E-state index in [4.69, 9.17) is 4.74 Å². The monoisotopic (exact) mass is 234 g/mol. The highest BCUT2D eigenvalue weighted by atomic mass is 32.1. The van der Waals surface area contributed by atoms with Gasteiger partial charge in [-0.15, -0.1) is 11.3 Å². The van der Waals surface area contributed by atoms with Gasteiger partial charge in [0.25, 0.3) is 0 Å². The van der Waals surface area contributed by atoms with Crippen LogP contribution in [0.3, 0.4) is 0 Å². The molecule has 1 atom stereocenters. The molecular formula is C13H14O2S. The normalized spacial score (nSPS) is 12.4. The summed E-state index contributed by atoms with van der Waals surface area (Å²) in [5, 5.41) is 12.2. The van der Waals surface area contributed by atoms with Crippen LogP contribution >= 0.6 is 11.3 Å². The van der Waals surface area contributed by atoms with Crippen molar-refractivity contribution in [1.29, 1.82) is 0 Å². The molecule has 2 rings (SSSR count). The Morgan fingerprint density at radius 3 is 2.56 bits per heavy atom. The minimum absolute atomic E-state index is 0.609. The summed E-state index contributed by atoms with van der Waals surface area (Å²) in [5.74, 6) is 0.763. The summed E-state index contributed by atoms with van der Waals surface area (Å²) >= 11 is 1.59. The molecule has 2 aromatic rings. The highest BCUT2D eigenvalue weighted by Crippen LogP contribution is 2.36. The fourth-order valence-corrected chi connectivity index (χ4v) is 2.58. The summed E-state index contributed by atoms with van der Waals surface area (Å²) in [6.45, 7) is 1.99. The molecule has 1 N–H and O–H groups in total. The van der Waals surface area contributed by atoms with Crippen LogP contribution in [0.25, 0.3) is 0 Å². The van der Waals surface area contributed by atoms with Gasteiger partial charge in [0.1, 0.15) is 11.9 Å². The van der Waals surface area contributed by atoms with Crippen molar-refractivity contribution in [2.75, 3.05) is 7.11 Å². The van der Waals surface area contributed by atoms with Crippen molar-refractivity contribution in [1.82, 2.24) is 0 Å². The second-order valence-corrected chi connectivity index (χ2v) is 4.67. The van der Waals surface area contributed by atoms with Gasteiger partial charge in [0.2, 0.25) is 0 Å². The number of ether oxygens (including phenoxy) is 1. The molecule has 1 aromatic heterocycles. The Morgan fingerprint density at radius 2 is 1.94 bits per heavy atom. The highest BCUT2D eigenvalue weighted by molar-refractivity contribution is 7.10. The molecule has 84 valence electrons. The Balaban J connectivity index is 2.41. The molecule has 1 heterocycles. The summed E-state index contributed by atoms with van der Waals surface area (Å²) in [7, 11) is 1.63. The Labute approximate surface area is 99.1 Å². The summed E-state index contributed by atoms with van der Waals surface area (Å²) in [4.78, 5) is 1.09. The van der Waals surface area contributed by atoms with Crippen LogP contribution in [0.2, 0.25) is 0 Å². The average Bonchev–Trinajstić information content (AvgIpc) is 2.70. The number of hydrogen-bond acceptors (Lipinski definition) is 3. The molecule has 0 aliphatic heterocycles. The van der Waals surface area contributed by atoms with E-state index in [0.717, 1.165) is 21.8 Å². The lowest BCUT2D eigenvalue weighted by Crippen LogP contribution is -2.01. The maximum absolute atomic E-state index is 10.3. The Morgan fingerprint density at radius 1 is 1.25 bits per heavy atom. The largest absolute Gasteiger partial charge is 0.495 e. The van der Waals surface area contributed by atoms with E-state index in [1.807, 2.05) is 42.6 Å². The van der Waals surface area contributed by atoms with Crippen LogP contribution in [0.15, 0.2) is 35.7 Å². The van der Waals surface area contributed by atoms with Gasteiger partial charge in [-0.3, -0.25) is 0 Å². The molecule has 0 fully saturated rings. The van der Waals surface area contributed by atoms with Crippen LogP contribution < -0.4 is 4.74 Å². The Bertz CT molecular complexity index is 462. The van der Waals surface area contributed by atoms with E-state index in [9.17, 15) is 5.11 Å². The topological polar surface area (TPSA) is 29.5 Å². The third kappa shape index (κ3) is 1.96. The first-order valence-corrected chi connectivity index (χ1v) is 5.97.